The number of amides is 1. The molecule has 1 amide bonds. The number of benzene rings is 3. The number of rotatable bonds is 6. The second-order valence-corrected chi connectivity index (χ2v) is 7.09. The second kappa shape index (κ2) is 7.91. The summed E-state index contributed by atoms with van der Waals surface area (Å²) >= 11 is 0. The van der Waals surface area contributed by atoms with Crippen molar-refractivity contribution in [2.24, 2.45) is 0 Å². The second-order valence-electron chi connectivity index (χ2n) is 7.09. The van der Waals surface area contributed by atoms with Crippen molar-refractivity contribution in [1.82, 2.24) is 0 Å². The van der Waals surface area contributed by atoms with Gasteiger partial charge in [0.25, 0.3) is 0 Å². The first-order valence-corrected chi connectivity index (χ1v) is 9.43. The number of fused-ring (bicyclic) bond motifs is 1. The van der Waals surface area contributed by atoms with Gasteiger partial charge in [-0.05, 0) is 79.2 Å². The topological polar surface area (TPSA) is 72.5 Å². The van der Waals surface area contributed by atoms with Gasteiger partial charge in [-0.2, -0.15) is 0 Å². The molecular formula is C24H18FNO4. The lowest BCUT2D eigenvalue weighted by Gasteiger charge is -2.08. The number of halogens is 1. The first kappa shape index (κ1) is 19.5. The van der Waals surface area contributed by atoms with Crippen molar-refractivity contribution in [3.05, 3.63) is 94.8 Å². The van der Waals surface area contributed by atoms with Gasteiger partial charge >= 0.3 is 0 Å². The van der Waals surface area contributed by atoms with E-state index in [2.05, 4.69) is 5.32 Å². The highest BCUT2D eigenvalue weighted by Crippen LogP contribution is 2.32. The molecule has 0 fully saturated rings. The summed E-state index contributed by atoms with van der Waals surface area (Å²) in [5, 5.41) is 2.77. The van der Waals surface area contributed by atoms with Crippen LogP contribution in [0.1, 0.15) is 44.7 Å². The Labute approximate surface area is 172 Å². The van der Waals surface area contributed by atoms with E-state index in [1.165, 1.54) is 24.3 Å². The van der Waals surface area contributed by atoms with Gasteiger partial charge in [0, 0.05) is 22.4 Å². The molecule has 1 heterocycles. The molecule has 0 saturated carbocycles. The molecule has 0 radical (unpaired) electrons. The monoisotopic (exact) mass is 403 g/mol. The average Bonchev–Trinajstić information content (AvgIpc) is 3.05. The van der Waals surface area contributed by atoms with Gasteiger partial charge in [0.05, 0.1) is 5.92 Å². The van der Waals surface area contributed by atoms with Crippen LogP contribution in [0.3, 0.4) is 0 Å². The fraction of sp³-hybridized carbons (Fsp3) is 0.125. The van der Waals surface area contributed by atoms with Crippen LogP contribution in [0, 0.1) is 5.82 Å². The summed E-state index contributed by atoms with van der Waals surface area (Å²) < 4.78 is 18.6. The molecule has 1 atom stereocenters. The van der Waals surface area contributed by atoms with Crippen molar-refractivity contribution in [2.45, 2.75) is 12.8 Å². The van der Waals surface area contributed by atoms with E-state index >= 15 is 0 Å². The van der Waals surface area contributed by atoms with Gasteiger partial charge in [0.15, 0.2) is 18.2 Å². The van der Waals surface area contributed by atoms with E-state index in [-0.39, 0.29) is 30.0 Å². The molecular weight excluding hydrogens is 385 g/mol. The summed E-state index contributed by atoms with van der Waals surface area (Å²) in [5.74, 6) is -0.768. The third-order valence-electron chi connectivity index (χ3n) is 5.08. The largest absolute Gasteiger partial charge is 0.485 e. The van der Waals surface area contributed by atoms with Crippen LogP contribution >= 0.6 is 0 Å². The number of carbonyl (C=O) groups excluding carboxylic acids is 3. The molecule has 0 unspecified atom stereocenters. The van der Waals surface area contributed by atoms with Crippen LogP contribution in [0.15, 0.2) is 66.7 Å². The number of anilines is 1. The summed E-state index contributed by atoms with van der Waals surface area (Å²) in [5.41, 5.74) is 2.82. The zero-order valence-electron chi connectivity index (χ0n) is 16.1. The molecule has 5 nitrogen and oxygen atoms in total. The third kappa shape index (κ3) is 3.85. The molecule has 6 heteroatoms. The molecule has 3 aromatic carbocycles. The van der Waals surface area contributed by atoms with Crippen LogP contribution in [0.5, 0.6) is 5.75 Å². The molecule has 1 N–H and O–H groups in total. The lowest BCUT2D eigenvalue weighted by Crippen LogP contribution is -2.12. The van der Waals surface area contributed by atoms with E-state index in [1.807, 2.05) is 0 Å². The predicted octanol–water partition coefficient (Wildman–Crippen LogP) is 4.37. The molecule has 0 saturated heterocycles. The molecule has 0 aromatic heterocycles. The highest BCUT2D eigenvalue weighted by atomic mass is 19.1. The predicted molar refractivity (Wildman–Crippen MR) is 110 cm³/mol. The maximum Gasteiger partial charge on any atom is 0.231 e. The number of nitrogens with one attached hydrogen (secondary N) is 1. The van der Waals surface area contributed by atoms with Crippen molar-refractivity contribution in [1.29, 1.82) is 0 Å². The normalized spacial score (nSPS) is 14.7. The standard InChI is InChI=1S/C24H18FNO4/c1-14-20-12-17(6-11-21(20)26-24(14)29)22(27)13-30-19-9-4-16(5-10-19)23(28)15-2-7-18(25)8-3-15/h2-12,14H,13H2,1H3,(H,26,29)/t14-/m0/s1. The van der Waals surface area contributed by atoms with Crippen molar-refractivity contribution >= 4 is 23.2 Å². The van der Waals surface area contributed by atoms with Crippen LogP contribution < -0.4 is 10.1 Å². The molecule has 0 spiro atoms. The quantitative estimate of drug-likeness (QED) is 0.620. The number of carbonyl (C=O) groups is 3. The molecule has 0 bridgehead atoms. The Morgan fingerprint density at radius 1 is 0.933 bits per heavy atom. The van der Waals surface area contributed by atoms with E-state index in [0.717, 1.165) is 11.3 Å². The van der Waals surface area contributed by atoms with Gasteiger partial charge in [-0.1, -0.05) is 0 Å². The maximum atomic E-state index is 13.0. The Hall–Kier alpha value is -3.80. The minimum Gasteiger partial charge on any atom is -0.485 e. The van der Waals surface area contributed by atoms with Gasteiger partial charge in [-0.25, -0.2) is 4.39 Å². The van der Waals surface area contributed by atoms with Gasteiger partial charge < -0.3 is 10.1 Å². The van der Waals surface area contributed by atoms with E-state index < -0.39 is 5.82 Å². The Balaban J connectivity index is 1.40. The van der Waals surface area contributed by atoms with Crippen molar-refractivity contribution < 1.29 is 23.5 Å². The van der Waals surface area contributed by atoms with E-state index in [4.69, 9.17) is 4.74 Å². The summed E-state index contributed by atoms with van der Waals surface area (Å²) in [6.45, 7) is 1.63. The van der Waals surface area contributed by atoms with Gasteiger partial charge in [-0.15, -0.1) is 0 Å². The summed E-state index contributed by atoms with van der Waals surface area (Å²) in [7, 11) is 0. The fourth-order valence-electron chi connectivity index (χ4n) is 3.29. The van der Waals surface area contributed by atoms with E-state index in [1.54, 1.807) is 49.4 Å². The highest BCUT2D eigenvalue weighted by molar-refractivity contribution is 6.09. The zero-order valence-corrected chi connectivity index (χ0v) is 16.1. The molecule has 1 aliphatic rings. The molecule has 150 valence electrons. The Morgan fingerprint density at radius 2 is 1.53 bits per heavy atom. The number of hydrogen-bond donors (Lipinski definition) is 1. The third-order valence-corrected chi connectivity index (χ3v) is 5.08. The van der Waals surface area contributed by atoms with Crippen LogP contribution in [0.25, 0.3) is 0 Å². The number of Topliss-reactive ketones (excluding diaryl/α,β-unsaturated/α-hetero) is 1. The molecule has 3 aromatic rings. The molecule has 0 aliphatic carbocycles. The Kier molecular flexibility index (Phi) is 5.14. The minimum atomic E-state index is -0.402. The van der Waals surface area contributed by atoms with Crippen LogP contribution in [0.2, 0.25) is 0 Å². The highest BCUT2D eigenvalue weighted by Gasteiger charge is 2.27. The fourth-order valence-corrected chi connectivity index (χ4v) is 3.29. The smallest absolute Gasteiger partial charge is 0.231 e. The lowest BCUT2D eigenvalue weighted by atomic mass is 9.99. The van der Waals surface area contributed by atoms with Crippen molar-refractivity contribution in [2.75, 3.05) is 11.9 Å². The number of ketones is 2. The zero-order chi connectivity index (χ0) is 21.3. The van der Waals surface area contributed by atoms with Crippen LogP contribution in [-0.4, -0.2) is 24.1 Å². The van der Waals surface area contributed by atoms with Crippen molar-refractivity contribution in [3.8, 4) is 5.75 Å². The lowest BCUT2D eigenvalue weighted by molar-refractivity contribution is -0.116. The first-order chi connectivity index (χ1) is 14.4. The summed E-state index contributed by atoms with van der Waals surface area (Å²) in [4.78, 5) is 36.6. The summed E-state index contributed by atoms with van der Waals surface area (Å²) in [6.07, 6.45) is 0. The number of ether oxygens (including phenoxy) is 1. The minimum absolute atomic E-state index is 0.0823. The molecule has 4 rings (SSSR count). The summed E-state index contributed by atoms with van der Waals surface area (Å²) in [6, 6.07) is 16.8. The van der Waals surface area contributed by atoms with Gasteiger partial charge in [-0.3, -0.25) is 14.4 Å². The van der Waals surface area contributed by atoms with Crippen LogP contribution in [0.4, 0.5) is 10.1 Å². The first-order valence-electron chi connectivity index (χ1n) is 9.43. The van der Waals surface area contributed by atoms with Gasteiger partial charge in [0.1, 0.15) is 11.6 Å². The maximum absolute atomic E-state index is 13.0. The van der Waals surface area contributed by atoms with Crippen LogP contribution in [-0.2, 0) is 4.79 Å². The Bertz CT molecular complexity index is 1140. The van der Waals surface area contributed by atoms with Gasteiger partial charge in [0.2, 0.25) is 5.91 Å². The SMILES string of the molecule is C[C@@H]1C(=O)Nc2ccc(C(=O)COc3ccc(C(=O)c4ccc(F)cc4)cc3)cc21. The molecule has 1 aliphatic heterocycles. The van der Waals surface area contributed by atoms with Crippen molar-refractivity contribution in [3.63, 3.8) is 0 Å². The average molecular weight is 403 g/mol. The molecule has 30 heavy (non-hydrogen) atoms. The number of hydrogen-bond acceptors (Lipinski definition) is 4. The van der Waals surface area contributed by atoms with E-state index in [0.29, 0.717) is 22.4 Å². The van der Waals surface area contributed by atoms with E-state index in [9.17, 15) is 18.8 Å². The Morgan fingerprint density at radius 3 is 2.20 bits per heavy atom.